The number of carbonyl (C=O) groups is 2. The molecule has 0 aliphatic rings. The second-order valence-electron chi connectivity index (χ2n) is 6.07. The van der Waals surface area contributed by atoms with E-state index in [1.807, 2.05) is 25.3 Å². The van der Waals surface area contributed by atoms with Crippen molar-refractivity contribution in [3.63, 3.8) is 0 Å². The summed E-state index contributed by atoms with van der Waals surface area (Å²) in [5.41, 5.74) is 1.29. The lowest BCUT2D eigenvalue weighted by Gasteiger charge is -2.22. The summed E-state index contributed by atoms with van der Waals surface area (Å²) in [7, 11) is 0. The van der Waals surface area contributed by atoms with Gasteiger partial charge in [-0.1, -0.05) is 47.5 Å². The van der Waals surface area contributed by atoms with Crippen molar-refractivity contribution in [2.45, 2.75) is 25.4 Å². The predicted molar refractivity (Wildman–Crippen MR) is 114 cm³/mol. The van der Waals surface area contributed by atoms with Gasteiger partial charge in [-0.25, -0.2) is 0 Å². The van der Waals surface area contributed by atoms with Crippen LogP contribution in [0.5, 0.6) is 0 Å². The Morgan fingerprint density at radius 3 is 2.33 bits per heavy atom. The molecule has 0 heterocycles. The van der Waals surface area contributed by atoms with Gasteiger partial charge < -0.3 is 10.6 Å². The molecule has 0 spiro atoms. The first-order valence-electron chi connectivity index (χ1n) is 8.52. The highest BCUT2D eigenvalue weighted by atomic mass is 35.5. The topological polar surface area (TPSA) is 58.2 Å². The Balaban J connectivity index is 2.07. The fraction of sp³-hybridized carbons (Fsp3) is 0.300. The number of carbonyl (C=O) groups excluding carboxylic acids is 2. The predicted octanol–water partition coefficient (Wildman–Crippen LogP) is 4.72. The summed E-state index contributed by atoms with van der Waals surface area (Å²) in [5, 5.41) is 6.76. The number of nitrogens with one attached hydrogen (secondary N) is 2. The van der Waals surface area contributed by atoms with E-state index in [1.54, 1.807) is 48.2 Å². The SMILES string of the molecule is CSCCC(NC(=O)c1ccccc1Cl)C(=O)NC(C)c1ccc(Cl)cc1. The van der Waals surface area contributed by atoms with Crippen LogP contribution in [0.2, 0.25) is 10.0 Å². The van der Waals surface area contributed by atoms with Crippen molar-refractivity contribution in [2.24, 2.45) is 0 Å². The second kappa shape index (κ2) is 10.6. The largest absolute Gasteiger partial charge is 0.348 e. The molecule has 2 rings (SSSR count). The third-order valence-electron chi connectivity index (χ3n) is 4.08. The number of rotatable bonds is 8. The zero-order valence-electron chi connectivity index (χ0n) is 15.2. The molecule has 4 nitrogen and oxygen atoms in total. The van der Waals surface area contributed by atoms with Gasteiger partial charge in [0.15, 0.2) is 0 Å². The summed E-state index contributed by atoms with van der Waals surface area (Å²) in [6.45, 7) is 1.89. The molecule has 0 aromatic heterocycles. The monoisotopic (exact) mass is 424 g/mol. The van der Waals surface area contributed by atoms with E-state index >= 15 is 0 Å². The van der Waals surface area contributed by atoms with Crippen molar-refractivity contribution in [3.05, 3.63) is 69.7 Å². The summed E-state index contributed by atoms with van der Waals surface area (Å²) in [5.74, 6) is 0.156. The molecule has 0 fully saturated rings. The van der Waals surface area contributed by atoms with E-state index in [9.17, 15) is 9.59 Å². The van der Waals surface area contributed by atoms with Gasteiger partial charge in [-0.3, -0.25) is 9.59 Å². The second-order valence-corrected chi connectivity index (χ2v) is 7.90. The number of hydrogen-bond acceptors (Lipinski definition) is 3. The van der Waals surface area contributed by atoms with Crippen LogP contribution in [0.4, 0.5) is 0 Å². The maximum Gasteiger partial charge on any atom is 0.253 e. The highest BCUT2D eigenvalue weighted by Crippen LogP contribution is 2.17. The molecule has 2 unspecified atom stereocenters. The van der Waals surface area contributed by atoms with Crippen LogP contribution < -0.4 is 10.6 Å². The number of benzene rings is 2. The minimum atomic E-state index is -0.643. The zero-order valence-corrected chi connectivity index (χ0v) is 17.5. The molecule has 0 aliphatic heterocycles. The first-order valence-corrected chi connectivity index (χ1v) is 10.7. The van der Waals surface area contributed by atoms with Crippen LogP contribution >= 0.6 is 35.0 Å². The van der Waals surface area contributed by atoms with E-state index in [2.05, 4.69) is 10.6 Å². The number of hydrogen-bond donors (Lipinski definition) is 2. The summed E-state index contributed by atoms with van der Waals surface area (Å²) in [6.07, 6.45) is 2.48. The van der Waals surface area contributed by atoms with Gasteiger partial charge in [0.2, 0.25) is 5.91 Å². The van der Waals surface area contributed by atoms with Crippen molar-refractivity contribution in [2.75, 3.05) is 12.0 Å². The summed E-state index contributed by atoms with van der Waals surface area (Å²) in [4.78, 5) is 25.3. The van der Waals surface area contributed by atoms with Crippen LogP contribution in [0, 0.1) is 0 Å². The summed E-state index contributed by atoms with van der Waals surface area (Å²) in [6, 6.07) is 13.2. The quantitative estimate of drug-likeness (QED) is 0.644. The lowest BCUT2D eigenvalue weighted by atomic mass is 10.1. The normalized spacial score (nSPS) is 12.9. The molecule has 0 saturated carbocycles. The summed E-state index contributed by atoms with van der Waals surface area (Å²) < 4.78 is 0. The van der Waals surface area contributed by atoms with Gasteiger partial charge >= 0.3 is 0 Å². The highest BCUT2D eigenvalue weighted by Gasteiger charge is 2.23. The van der Waals surface area contributed by atoms with Crippen LogP contribution in [-0.2, 0) is 4.79 Å². The van der Waals surface area contributed by atoms with Gasteiger partial charge in [-0.15, -0.1) is 0 Å². The van der Waals surface area contributed by atoms with Gasteiger partial charge in [0, 0.05) is 5.02 Å². The third-order valence-corrected chi connectivity index (χ3v) is 5.31. The van der Waals surface area contributed by atoms with E-state index < -0.39 is 6.04 Å². The Labute approximate surface area is 174 Å². The third kappa shape index (κ3) is 6.45. The molecule has 2 N–H and O–H groups in total. The van der Waals surface area contributed by atoms with E-state index in [0.717, 1.165) is 11.3 Å². The van der Waals surface area contributed by atoms with Crippen molar-refractivity contribution >= 4 is 46.8 Å². The van der Waals surface area contributed by atoms with Gasteiger partial charge in [0.05, 0.1) is 16.6 Å². The van der Waals surface area contributed by atoms with E-state index in [-0.39, 0.29) is 17.9 Å². The Hall–Kier alpha value is -1.69. The van der Waals surface area contributed by atoms with Crippen molar-refractivity contribution in [3.8, 4) is 0 Å². The van der Waals surface area contributed by atoms with Crippen LogP contribution in [0.25, 0.3) is 0 Å². The van der Waals surface area contributed by atoms with Crippen molar-refractivity contribution in [1.29, 1.82) is 0 Å². The van der Waals surface area contributed by atoms with Gasteiger partial charge in [-0.2, -0.15) is 11.8 Å². The molecular formula is C20H22Cl2N2O2S. The van der Waals surface area contributed by atoms with Gasteiger partial charge in [0.1, 0.15) is 6.04 Å². The minimum Gasteiger partial charge on any atom is -0.348 e. The molecular weight excluding hydrogens is 403 g/mol. The molecule has 27 heavy (non-hydrogen) atoms. The molecule has 0 aliphatic carbocycles. The first kappa shape index (κ1) is 21.6. The lowest BCUT2D eigenvalue weighted by Crippen LogP contribution is -2.47. The van der Waals surface area contributed by atoms with Crippen LogP contribution in [0.15, 0.2) is 48.5 Å². The van der Waals surface area contributed by atoms with Crippen molar-refractivity contribution < 1.29 is 9.59 Å². The van der Waals surface area contributed by atoms with Gasteiger partial charge in [-0.05, 0) is 55.2 Å². The van der Waals surface area contributed by atoms with Crippen LogP contribution in [0.1, 0.15) is 35.3 Å². The van der Waals surface area contributed by atoms with Crippen LogP contribution in [-0.4, -0.2) is 29.9 Å². The van der Waals surface area contributed by atoms with Crippen molar-refractivity contribution in [1.82, 2.24) is 10.6 Å². The number of amides is 2. The molecule has 2 aromatic carbocycles. The fourth-order valence-electron chi connectivity index (χ4n) is 2.53. The molecule has 2 amide bonds. The molecule has 0 saturated heterocycles. The first-order chi connectivity index (χ1) is 12.9. The van der Waals surface area contributed by atoms with E-state index in [1.165, 1.54) is 0 Å². The molecule has 0 radical (unpaired) electrons. The summed E-state index contributed by atoms with van der Waals surface area (Å²) >= 11 is 13.6. The smallest absolute Gasteiger partial charge is 0.253 e. The maximum atomic E-state index is 12.8. The number of thioether (sulfide) groups is 1. The number of halogens is 2. The maximum absolute atomic E-state index is 12.8. The molecule has 2 aromatic rings. The molecule has 144 valence electrons. The zero-order chi connectivity index (χ0) is 19.8. The van der Waals surface area contributed by atoms with E-state index in [0.29, 0.717) is 22.0 Å². The lowest BCUT2D eigenvalue weighted by molar-refractivity contribution is -0.123. The molecule has 0 bridgehead atoms. The molecule has 7 heteroatoms. The standard InChI is InChI=1S/C20H22Cl2N2O2S/c1-13(14-7-9-15(21)10-8-14)23-20(26)18(11-12-27-2)24-19(25)16-5-3-4-6-17(16)22/h3-10,13,18H,11-12H2,1-2H3,(H,23,26)(H,24,25). The van der Waals surface area contributed by atoms with Gasteiger partial charge in [0.25, 0.3) is 5.91 Å². The Bertz CT molecular complexity index is 784. The Morgan fingerprint density at radius 2 is 1.70 bits per heavy atom. The Kier molecular flexibility index (Phi) is 8.48. The Morgan fingerprint density at radius 1 is 1.04 bits per heavy atom. The van der Waals surface area contributed by atoms with E-state index in [4.69, 9.17) is 23.2 Å². The molecule has 2 atom stereocenters. The van der Waals surface area contributed by atoms with Crippen LogP contribution in [0.3, 0.4) is 0 Å². The fourth-order valence-corrected chi connectivity index (χ4v) is 3.35. The average molecular weight is 425 g/mol. The average Bonchev–Trinajstić information content (AvgIpc) is 2.65. The minimum absolute atomic E-state index is 0.205. The highest BCUT2D eigenvalue weighted by molar-refractivity contribution is 7.98.